The molecule has 1 aliphatic rings. The van der Waals surface area contributed by atoms with E-state index >= 15 is 0 Å². The molecule has 0 aliphatic carbocycles. The third-order valence-corrected chi connectivity index (χ3v) is 5.85. The highest BCUT2D eigenvalue weighted by molar-refractivity contribution is 5.94. The predicted octanol–water partition coefficient (Wildman–Crippen LogP) is 5.50. The first-order valence-corrected chi connectivity index (χ1v) is 10.5. The molecule has 4 aromatic rings. The number of hydrogen-bond donors (Lipinski definition) is 0. The Kier molecular flexibility index (Phi) is 5.35. The van der Waals surface area contributed by atoms with Crippen molar-refractivity contribution in [2.45, 2.75) is 6.54 Å². The summed E-state index contributed by atoms with van der Waals surface area (Å²) in [5.41, 5.74) is 3.88. The largest absolute Gasteiger partial charge is 0.354 e. The van der Waals surface area contributed by atoms with Gasteiger partial charge in [-0.25, -0.2) is 13.8 Å². The van der Waals surface area contributed by atoms with E-state index in [-0.39, 0.29) is 11.6 Å². The molecule has 5 heteroatoms. The Bertz CT molecular complexity index is 1200. The van der Waals surface area contributed by atoms with E-state index in [2.05, 4.69) is 28.0 Å². The predicted molar refractivity (Wildman–Crippen MR) is 121 cm³/mol. The van der Waals surface area contributed by atoms with Crippen molar-refractivity contribution >= 4 is 16.7 Å². The van der Waals surface area contributed by atoms with E-state index in [0.717, 1.165) is 66.1 Å². The van der Waals surface area contributed by atoms with E-state index < -0.39 is 0 Å². The van der Waals surface area contributed by atoms with Gasteiger partial charge in [-0.1, -0.05) is 42.5 Å². The summed E-state index contributed by atoms with van der Waals surface area (Å²) in [4.78, 5) is 9.62. The van der Waals surface area contributed by atoms with Crippen molar-refractivity contribution in [1.29, 1.82) is 0 Å². The average Bonchev–Trinajstić information content (AvgIpc) is 2.79. The van der Waals surface area contributed by atoms with Gasteiger partial charge in [0, 0.05) is 43.7 Å². The van der Waals surface area contributed by atoms with Crippen molar-refractivity contribution in [3.8, 4) is 11.1 Å². The van der Waals surface area contributed by atoms with Gasteiger partial charge in [0.1, 0.15) is 17.5 Å². The lowest BCUT2D eigenvalue weighted by atomic mass is 10.0. The zero-order valence-corrected chi connectivity index (χ0v) is 17.1. The Morgan fingerprint density at radius 2 is 1.52 bits per heavy atom. The van der Waals surface area contributed by atoms with Gasteiger partial charge < -0.3 is 4.90 Å². The molecule has 31 heavy (non-hydrogen) atoms. The second kappa shape index (κ2) is 8.44. The van der Waals surface area contributed by atoms with Gasteiger partial charge in [-0.05, 0) is 47.5 Å². The number of pyridine rings is 1. The van der Waals surface area contributed by atoms with Crippen LogP contribution in [0.15, 0.2) is 78.9 Å². The molecule has 0 bridgehead atoms. The smallest absolute Gasteiger partial charge is 0.129 e. The van der Waals surface area contributed by atoms with Crippen LogP contribution in [-0.2, 0) is 6.54 Å². The maximum Gasteiger partial charge on any atom is 0.129 e. The first kappa shape index (κ1) is 19.6. The molecule has 5 rings (SSSR count). The standard InChI is InChI=1S/C26H23F2N3/c27-22-10-7-20(8-11-22)24-6-2-4-21-9-12-25(29-26(21)24)31-15-13-30(14-16-31)18-19-3-1-5-23(28)17-19/h1-12,17H,13-16,18H2. The molecule has 0 saturated carbocycles. The third kappa shape index (κ3) is 4.28. The summed E-state index contributed by atoms with van der Waals surface area (Å²) in [6.07, 6.45) is 0. The number of nitrogens with zero attached hydrogens (tertiary/aromatic N) is 3. The van der Waals surface area contributed by atoms with Gasteiger partial charge in [-0.15, -0.1) is 0 Å². The Balaban J connectivity index is 1.35. The Labute approximate surface area is 180 Å². The molecule has 1 fully saturated rings. The van der Waals surface area contributed by atoms with Crippen molar-refractivity contribution in [2.75, 3.05) is 31.1 Å². The van der Waals surface area contributed by atoms with Crippen LogP contribution in [0.25, 0.3) is 22.0 Å². The van der Waals surface area contributed by atoms with E-state index in [4.69, 9.17) is 4.98 Å². The van der Waals surface area contributed by atoms with Crippen molar-refractivity contribution in [3.63, 3.8) is 0 Å². The molecule has 3 aromatic carbocycles. The van der Waals surface area contributed by atoms with Gasteiger partial charge >= 0.3 is 0 Å². The highest BCUT2D eigenvalue weighted by Gasteiger charge is 2.19. The van der Waals surface area contributed by atoms with E-state index in [9.17, 15) is 8.78 Å². The van der Waals surface area contributed by atoms with Crippen molar-refractivity contribution in [3.05, 3.63) is 96.1 Å². The van der Waals surface area contributed by atoms with Crippen LogP contribution in [-0.4, -0.2) is 36.1 Å². The van der Waals surface area contributed by atoms with Gasteiger partial charge in [0.05, 0.1) is 5.52 Å². The fourth-order valence-electron chi connectivity index (χ4n) is 4.20. The molecule has 0 spiro atoms. The van der Waals surface area contributed by atoms with E-state index in [1.165, 1.54) is 18.2 Å². The van der Waals surface area contributed by atoms with E-state index in [1.54, 1.807) is 24.3 Å². The summed E-state index contributed by atoms with van der Waals surface area (Å²) in [5, 5.41) is 1.07. The maximum atomic E-state index is 13.5. The van der Waals surface area contributed by atoms with Crippen LogP contribution in [0.1, 0.15) is 5.56 Å². The minimum Gasteiger partial charge on any atom is -0.354 e. The molecular formula is C26H23F2N3. The number of fused-ring (bicyclic) bond motifs is 1. The van der Waals surface area contributed by atoms with Crippen LogP contribution in [0.2, 0.25) is 0 Å². The minimum atomic E-state index is -0.242. The maximum absolute atomic E-state index is 13.5. The van der Waals surface area contributed by atoms with Crippen LogP contribution in [0.5, 0.6) is 0 Å². The number of aromatic nitrogens is 1. The molecule has 0 amide bonds. The normalized spacial score (nSPS) is 14.8. The van der Waals surface area contributed by atoms with Gasteiger partial charge in [0.25, 0.3) is 0 Å². The fraction of sp³-hybridized carbons (Fsp3) is 0.192. The van der Waals surface area contributed by atoms with E-state index in [0.29, 0.717) is 0 Å². The Morgan fingerprint density at radius 3 is 2.29 bits per heavy atom. The average molecular weight is 415 g/mol. The quantitative estimate of drug-likeness (QED) is 0.439. The summed E-state index contributed by atoms with van der Waals surface area (Å²) < 4.78 is 26.8. The van der Waals surface area contributed by atoms with Crippen LogP contribution in [0.3, 0.4) is 0 Å². The lowest BCUT2D eigenvalue weighted by Crippen LogP contribution is -2.46. The molecule has 0 radical (unpaired) electrons. The van der Waals surface area contributed by atoms with E-state index in [1.807, 2.05) is 18.2 Å². The summed E-state index contributed by atoms with van der Waals surface area (Å²) in [6, 6.07) is 23.6. The van der Waals surface area contributed by atoms with Gasteiger partial charge in [-0.3, -0.25) is 4.90 Å². The molecule has 1 aliphatic heterocycles. The molecular weight excluding hydrogens is 392 g/mol. The number of halogens is 2. The van der Waals surface area contributed by atoms with Gasteiger partial charge in [-0.2, -0.15) is 0 Å². The molecule has 1 aromatic heterocycles. The number of benzene rings is 3. The molecule has 3 nitrogen and oxygen atoms in total. The Morgan fingerprint density at radius 1 is 0.742 bits per heavy atom. The topological polar surface area (TPSA) is 19.4 Å². The first-order chi connectivity index (χ1) is 15.2. The fourth-order valence-corrected chi connectivity index (χ4v) is 4.20. The summed E-state index contributed by atoms with van der Waals surface area (Å²) >= 11 is 0. The van der Waals surface area contributed by atoms with Crippen LogP contribution < -0.4 is 4.90 Å². The van der Waals surface area contributed by atoms with Gasteiger partial charge in [0.15, 0.2) is 0 Å². The molecule has 1 saturated heterocycles. The monoisotopic (exact) mass is 415 g/mol. The number of hydrogen-bond acceptors (Lipinski definition) is 3. The Hall–Kier alpha value is -3.31. The number of piperazine rings is 1. The SMILES string of the molecule is Fc1ccc(-c2cccc3ccc(N4CCN(Cc5cccc(F)c5)CC4)nc23)cc1. The zero-order chi connectivity index (χ0) is 21.2. The molecule has 0 N–H and O–H groups in total. The summed E-state index contributed by atoms with van der Waals surface area (Å²) in [7, 11) is 0. The number of rotatable bonds is 4. The second-order valence-electron chi connectivity index (χ2n) is 7.95. The van der Waals surface area contributed by atoms with Crippen molar-refractivity contribution in [1.82, 2.24) is 9.88 Å². The number of para-hydroxylation sites is 1. The zero-order valence-electron chi connectivity index (χ0n) is 17.1. The molecule has 0 unspecified atom stereocenters. The van der Waals surface area contributed by atoms with Crippen molar-refractivity contribution in [2.24, 2.45) is 0 Å². The van der Waals surface area contributed by atoms with Crippen LogP contribution in [0, 0.1) is 11.6 Å². The first-order valence-electron chi connectivity index (χ1n) is 10.5. The minimum absolute atomic E-state index is 0.187. The molecule has 0 atom stereocenters. The van der Waals surface area contributed by atoms with Gasteiger partial charge in [0.2, 0.25) is 0 Å². The highest BCUT2D eigenvalue weighted by atomic mass is 19.1. The summed E-state index contributed by atoms with van der Waals surface area (Å²) in [5.74, 6) is 0.523. The summed E-state index contributed by atoms with van der Waals surface area (Å²) in [6.45, 7) is 4.29. The highest BCUT2D eigenvalue weighted by Crippen LogP contribution is 2.29. The van der Waals surface area contributed by atoms with Crippen LogP contribution >= 0.6 is 0 Å². The third-order valence-electron chi connectivity index (χ3n) is 5.85. The van der Waals surface area contributed by atoms with Crippen molar-refractivity contribution < 1.29 is 8.78 Å². The lowest BCUT2D eigenvalue weighted by Gasteiger charge is -2.35. The molecule has 156 valence electrons. The van der Waals surface area contributed by atoms with Crippen LogP contribution in [0.4, 0.5) is 14.6 Å². The second-order valence-corrected chi connectivity index (χ2v) is 7.95. The lowest BCUT2D eigenvalue weighted by molar-refractivity contribution is 0.249. The number of anilines is 1. The molecule has 2 heterocycles.